The standard InChI is InChI=1S/C31H29F3N6O3S2/c1-19-4-9-24(45(42,43)18-31(32,33)34)14-25(19)26-13-22-16-37-30(39-28(22)40(29(26)41)17-27-36-11-12-44-27)38-23-7-5-20(6-8-23)21-3-2-10-35-15-21/h4-9,11-14,16,21,35H,2-3,10,15,17-18H2,1H3,(H,37,38,39). The number of nitrogens with zero attached hydrogens (tertiary/aromatic N) is 4. The van der Waals surface area contributed by atoms with Crippen LogP contribution in [0.1, 0.15) is 34.9 Å². The number of benzene rings is 2. The average Bonchev–Trinajstić information content (AvgIpc) is 3.52. The van der Waals surface area contributed by atoms with E-state index in [1.165, 1.54) is 33.6 Å². The summed E-state index contributed by atoms with van der Waals surface area (Å²) < 4.78 is 65.6. The molecule has 2 N–H and O–H groups in total. The fraction of sp³-hybridized carbons (Fsp3) is 0.290. The van der Waals surface area contributed by atoms with Crippen molar-refractivity contribution in [3.05, 3.63) is 92.8 Å². The molecule has 5 aromatic rings. The Balaban J connectivity index is 1.40. The average molecular weight is 655 g/mol. The predicted octanol–water partition coefficient (Wildman–Crippen LogP) is 5.82. The summed E-state index contributed by atoms with van der Waals surface area (Å²) in [6.07, 6.45) is 0.533. The Bertz CT molecular complexity index is 2010. The van der Waals surface area contributed by atoms with Crippen LogP contribution in [0.4, 0.5) is 24.8 Å². The van der Waals surface area contributed by atoms with E-state index in [-0.39, 0.29) is 23.6 Å². The number of piperidine rings is 1. The van der Waals surface area contributed by atoms with Gasteiger partial charge < -0.3 is 10.6 Å². The zero-order valence-electron chi connectivity index (χ0n) is 24.1. The smallest absolute Gasteiger partial charge is 0.324 e. The van der Waals surface area contributed by atoms with Crippen LogP contribution in [0.15, 0.2) is 76.0 Å². The van der Waals surface area contributed by atoms with Gasteiger partial charge in [-0.2, -0.15) is 18.2 Å². The first-order valence-corrected chi connectivity index (χ1v) is 16.8. The van der Waals surface area contributed by atoms with Crippen molar-refractivity contribution in [1.82, 2.24) is 24.8 Å². The lowest BCUT2D eigenvalue weighted by atomic mass is 9.92. The van der Waals surface area contributed by atoms with Gasteiger partial charge in [0.2, 0.25) is 5.95 Å². The van der Waals surface area contributed by atoms with Gasteiger partial charge in [-0.3, -0.25) is 9.36 Å². The van der Waals surface area contributed by atoms with Crippen LogP contribution in [0.5, 0.6) is 0 Å². The fourth-order valence-electron chi connectivity index (χ4n) is 5.51. The lowest BCUT2D eigenvalue weighted by Gasteiger charge is -2.23. The second kappa shape index (κ2) is 12.3. The Labute approximate surface area is 261 Å². The van der Waals surface area contributed by atoms with Gasteiger partial charge in [-0.05, 0) is 79.3 Å². The first-order chi connectivity index (χ1) is 21.5. The van der Waals surface area contributed by atoms with E-state index in [0.717, 1.165) is 43.8 Å². The molecular formula is C31H29F3N6O3S2. The molecule has 9 nitrogen and oxygen atoms in total. The quantitative estimate of drug-likeness (QED) is 0.215. The molecule has 14 heteroatoms. The molecule has 1 aliphatic rings. The first kappa shape index (κ1) is 30.9. The predicted molar refractivity (Wildman–Crippen MR) is 168 cm³/mol. The van der Waals surface area contributed by atoms with Crippen molar-refractivity contribution in [3.63, 3.8) is 0 Å². The SMILES string of the molecule is Cc1ccc(S(=O)(=O)CC(F)(F)F)cc1-c1cc2cnc(Nc3ccc(C4CCCNC4)cc3)nc2n(Cc2nccs2)c1=O. The number of hydrogen-bond acceptors (Lipinski definition) is 9. The van der Waals surface area contributed by atoms with Crippen LogP contribution in [-0.4, -0.2) is 53.0 Å². The normalized spacial score (nSPS) is 15.8. The van der Waals surface area contributed by atoms with E-state index < -0.39 is 32.2 Å². The molecule has 0 saturated carbocycles. The highest BCUT2D eigenvalue weighted by molar-refractivity contribution is 7.91. The second-order valence-corrected chi connectivity index (χ2v) is 14.0. The number of alkyl halides is 3. The van der Waals surface area contributed by atoms with Crippen molar-refractivity contribution in [2.75, 3.05) is 24.2 Å². The number of hydrogen-bond donors (Lipinski definition) is 2. The third-order valence-electron chi connectivity index (χ3n) is 7.75. The minimum Gasteiger partial charge on any atom is -0.324 e. The van der Waals surface area contributed by atoms with Gasteiger partial charge in [0, 0.05) is 41.0 Å². The van der Waals surface area contributed by atoms with Gasteiger partial charge in [-0.1, -0.05) is 18.2 Å². The summed E-state index contributed by atoms with van der Waals surface area (Å²) in [5.74, 6) is -1.27. The lowest BCUT2D eigenvalue weighted by molar-refractivity contribution is -0.106. The molecule has 0 radical (unpaired) electrons. The molecule has 45 heavy (non-hydrogen) atoms. The third kappa shape index (κ3) is 6.92. The van der Waals surface area contributed by atoms with Crippen molar-refractivity contribution in [2.24, 2.45) is 0 Å². The monoisotopic (exact) mass is 654 g/mol. The number of sulfone groups is 1. The minimum absolute atomic E-state index is 0.0759. The number of fused-ring (bicyclic) bond motifs is 1. The molecule has 3 aromatic heterocycles. The van der Waals surface area contributed by atoms with Crippen LogP contribution in [0.3, 0.4) is 0 Å². The van der Waals surface area contributed by atoms with Crippen molar-refractivity contribution in [2.45, 2.75) is 43.3 Å². The largest absolute Gasteiger partial charge is 0.403 e. The van der Waals surface area contributed by atoms with Gasteiger partial charge in [-0.25, -0.2) is 18.4 Å². The molecule has 2 aromatic carbocycles. The Morgan fingerprint density at radius 2 is 1.89 bits per heavy atom. The zero-order valence-corrected chi connectivity index (χ0v) is 25.8. The molecule has 234 valence electrons. The minimum atomic E-state index is -4.91. The maximum absolute atomic E-state index is 14.0. The van der Waals surface area contributed by atoms with E-state index in [4.69, 9.17) is 0 Å². The van der Waals surface area contributed by atoms with Crippen molar-refractivity contribution in [3.8, 4) is 11.1 Å². The van der Waals surface area contributed by atoms with Crippen LogP contribution in [0, 0.1) is 6.92 Å². The Morgan fingerprint density at radius 3 is 2.58 bits per heavy atom. The molecule has 1 aliphatic heterocycles. The third-order valence-corrected chi connectivity index (χ3v) is 10.2. The van der Waals surface area contributed by atoms with E-state index in [9.17, 15) is 26.4 Å². The molecule has 0 amide bonds. The van der Waals surface area contributed by atoms with Crippen LogP contribution >= 0.6 is 11.3 Å². The molecule has 1 unspecified atom stereocenters. The van der Waals surface area contributed by atoms with Gasteiger partial charge in [0.05, 0.1) is 11.4 Å². The topological polar surface area (TPSA) is 119 Å². The van der Waals surface area contributed by atoms with Gasteiger partial charge in [-0.15, -0.1) is 11.3 Å². The highest BCUT2D eigenvalue weighted by Crippen LogP contribution is 2.30. The summed E-state index contributed by atoms with van der Waals surface area (Å²) in [4.78, 5) is 26.9. The molecular weight excluding hydrogens is 626 g/mol. The van der Waals surface area contributed by atoms with Crippen LogP contribution in [-0.2, 0) is 16.4 Å². The number of thiazole rings is 1. The molecule has 6 rings (SSSR count). The van der Waals surface area contributed by atoms with Gasteiger partial charge >= 0.3 is 6.18 Å². The Morgan fingerprint density at radius 1 is 1.09 bits per heavy atom. The number of aryl methyl sites for hydroxylation is 1. The van der Waals surface area contributed by atoms with E-state index in [0.29, 0.717) is 27.5 Å². The summed E-state index contributed by atoms with van der Waals surface area (Å²) >= 11 is 1.35. The van der Waals surface area contributed by atoms with Crippen molar-refractivity contribution >= 4 is 43.8 Å². The Hall–Kier alpha value is -4.14. The molecule has 0 aliphatic carbocycles. The molecule has 1 atom stereocenters. The number of rotatable bonds is 8. The molecule has 4 heterocycles. The van der Waals surface area contributed by atoms with E-state index in [1.54, 1.807) is 24.7 Å². The van der Waals surface area contributed by atoms with Gasteiger partial charge in [0.15, 0.2) is 15.6 Å². The highest BCUT2D eigenvalue weighted by atomic mass is 32.2. The number of halogens is 3. The second-order valence-electron chi connectivity index (χ2n) is 11.0. The van der Waals surface area contributed by atoms with Crippen LogP contribution in [0.25, 0.3) is 22.2 Å². The van der Waals surface area contributed by atoms with E-state index in [2.05, 4.69) is 37.7 Å². The van der Waals surface area contributed by atoms with E-state index in [1.807, 2.05) is 12.1 Å². The summed E-state index contributed by atoms with van der Waals surface area (Å²) in [7, 11) is -4.69. The molecule has 1 fully saturated rings. The zero-order chi connectivity index (χ0) is 31.8. The molecule has 1 saturated heterocycles. The maximum atomic E-state index is 14.0. The van der Waals surface area contributed by atoms with Crippen LogP contribution in [0.2, 0.25) is 0 Å². The number of aromatic nitrogens is 4. The summed E-state index contributed by atoms with van der Waals surface area (Å²) in [6, 6.07) is 13.3. The molecule has 0 bridgehead atoms. The number of pyridine rings is 1. The number of anilines is 2. The van der Waals surface area contributed by atoms with Gasteiger partial charge in [0.1, 0.15) is 10.7 Å². The highest BCUT2D eigenvalue weighted by Gasteiger charge is 2.36. The van der Waals surface area contributed by atoms with E-state index >= 15 is 0 Å². The first-order valence-electron chi connectivity index (χ1n) is 14.2. The van der Waals surface area contributed by atoms with Crippen molar-refractivity contribution in [1.29, 1.82) is 0 Å². The summed E-state index contributed by atoms with van der Waals surface area (Å²) in [5, 5.41) is 9.53. The summed E-state index contributed by atoms with van der Waals surface area (Å²) in [6.45, 7) is 3.73. The number of nitrogens with one attached hydrogen (secondary N) is 2. The maximum Gasteiger partial charge on any atom is 0.403 e. The Kier molecular flexibility index (Phi) is 8.46. The molecule has 0 spiro atoms. The lowest BCUT2D eigenvalue weighted by Crippen LogP contribution is -2.28. The fourth-order valence-corrected chi connectivity index (χ4v) is 7.29. The summed E-state index contributed by atoms with van der Waals surface area (Å²) in [5.41, 5.74) is 2.68. The van der Waals surface area contributed by atoms with Crippen molar-refractivity contribution < 1.29 is 21.6 Å². The van der Waals surface area contributed by atoms with Gasteiger partial charge in [0.25, 0.3) is 5.56 Å². The van der Waals surface area contributed by atoms with Crippen LogP contribution < -0.4 is 16.2 Å².